The minimum absolute atomic E-state index is 0.312. The van der Waals surface area contributed by atoms with Gasteiger partial charge in [0.05, 0.1) is 0 Å². The first-order valence-corrected chi connectivity index (χ1v) is 8.99. The van der Waals surface area contributed by atoms with Gasteiger partial charge in [0.1, 0.15) is 34.2 Å². The van der Waals surface area contributed by atoms with Gasteiger partial charge in [0.2, 0.25) is 5.88 Å². The van der Waals surface area contributed by atoms with E-state index in [1.165, 1.54) is 0 Å². The molecule has 0 aliphatic rings. The highest BCUT2D eigenvalue weighted by molar-refractivity contribution is 6.29. The SMILES string of the molecule is Cc1nc(Cl)cc(Nc2oc(-c3ccccc3)c(-c3ccccc3)c2C#N)n1. The van der Waals surface area contributed by atoms with E-state index in [9.17, 15) is 5.26 Å². The van der Waals surface area contributed by atoms with Gasteiger partial charge < -0.3 is 9.73 Å². The predicted molar refractivity (Wildman–Crippen MR) is 109 cm³/mol. The lowest BCUT2D eigenvalue weighted by molar-refractivity contribution is 0.599. The molecule has 0 aliphatic heterocycles. The third kappa shape index (κ3) is 3.46. The van der Waals surface area contributed by atoms with Crippen LogP contribution in [0.15, 0.2) is 71.1 Å². The Bertz CT molecular complexity index is 1140. The van der Waals surface area contributed by atoms with Crippen molar-refractivity contribution in [3.05, 3.63) is 83.3 Å². The number of hydrogen-bond donors (Lipinski definition) is 1. The Morgan fingerprint density at radius 3 is 2.21 bits per heavy atom. The van der Waals surface area contributed by atoms with Crippen molar-refractivity contribution in [1.29, 1.82) is 5.26 Å². The van der Waals surface area contributed by atoms with Crippen molar-refractivity contribution >= 4 is 23.3 Å². The van der Waals surface area contributed by atoms with Crippen LogP contribution < -0.4 is 5.32 Å². The van der Waals surface area contributed by atoms with Gasteiger partial charge >= 0.3 is 0 Å². The molecule has 0 radical (unpaired) electrons. The van der Waals surface area contributed by atoms with E-state index in [-0.39, 0.29) is 0 Å². The number of nitrogens with zero attached hydrogens (tertiary/aromatic N) is 3. The average molecular weight is 387 g/mol. The zero-order chi connectivity index (χ0) is 19.5. The van der Waals surface area contributed by atoms with E-state index >= 15 is 0 Å². The number of rotatable bonds is 4. The van der Waals surface area contributed by atoms with Gasteiger partial charge in [-0.2, -0.15) is 5.26 Å². The summed E-state index contributed by atoms with van der Waals surface area (Å²) in [7, 11) is 0. The summed E-state index contributed by atoms with van der Waals surface area (Å²) in [6.07, 6.45) is 0. The molecule has 0 aliphatic carbocycles. The van der Waals surface area contributed by atoms with E-state index in [1.807, 2.05) is 60.7 Å². The van der Waals surface area contributed by atoms with Crippen LogP contribution in [0.1, 0.15) is 11.4 Å². The fourth-order valence-electron chi connectivity index (χ4n) is 3.01. The smallest absolute Gasteiger partial charge is 0.217 e. The molecule has 0 bridgehead atoms. The van der Waals surface area contributed by atoms with Crippen molar-refractivity contribution in [2.75, 3.05) is 5.32 Å². The normalized spacial score (nSPS) is 10.5. The van der Waals surface area contributed by atoms with E-state index < -0.39 is 0 Å². The molecule has 0 unspecified atom stereocenters. The maximum Gasteiger partial charge on any atom is 0.217 e. The van der Waals surface area contributed by atoms with Crippen LogP contribution >= 0.6 is 11.6 Å². The molecule has 6 heteroatoms. The molecule has 4 aromatic rings. The van der Waals surface area contributed by atoms with Gasteiger partial charge in [0, 0.05) is 17.2 Å². The molecule has 4 rings (SSSR count). The summed E-state index contributed by atoms with van der Waals surface area (Å²) in [5.41, 5.74) is 2.90. The molecule has 28 heavy (non-hydrogen) atoms. The highest BCUT2D eigenvalue weighted by Crippen LogP contribution is 2.42. The molecule has 2 heterocycles. The summed E-state index contributed by atoms with van der Waals surface area (Å²) >= 11 is 6.03. The predicted octanol–water partition coefficient (Wildman–Crippen LogP) is 5.98. The third-order valence-electron chi connectivity index (χ3n) is 4.17. The first-order chi connectivity index (χ1) is 13.7. The molecule has 0 saturated heterocycles. The van der Waals surface area contributed by atoms with Gasteiger partial charge in [-0.1, -0.05) is 72.3 Å². The number of hydrogen-bond acceptors (Lipinski definition) is 5. The quantitative estimate of drug-likeness (QED) is 0.436. The van der Waals surface area contributed by atoms with Crippen molar-refractivity contribution in [1.82, 2.24) is 9.97 Å². The summed E-state index contributed by atoms with van der Waals surface area (Å²) < 4.78 is 6.12. The number of aryl methyl sites for hydroxylation is 1. The Labute approximate surface area is 167 Å². The van der Waals surface area contributed by atoms with Crippen LogP contribution in [0.3, 0.4) is 0 Å². The highest BCUT2D eigenvalue weighted by atomic mass is 35.5. The van der Waals surface area contributed by atoms with Gasteiger partial charge in [-0.05, 0) is 12.5 Å². The largest absolute Gasteiger partial charge is 0.438 e. The number of halogens is 1. The Balaban J connectivity index is 1.91. The zero-order valence-electron chi connectivity index (χ0n) is 15.0. The van der Waals surface area contributed by atoms with Crippen molar-refractivity contribution in [2.24, 2.45) is 0 Å². The molecule has 0 atom stereocenters. The van der Waals surface area contributed by atoms with E-state index in [2.05, 4.69) is 21.4 Å². The fourth-order valence-corrected chi connectivity index (χ4v) is 3.24. The standard InChI is InChI=1S/C22H15ClN4O/c1-14-25-18(23)12-19(26-14)27-22-17(13-24)20(15-8-4-2-5-9-15)21(28-22)16-10-6-3-7-11-16/h2-12H,1H3,(H,25,26,27). The highest BCUT2D eigenvalue weighted by Gasteiger charge is 2.23. The van der Waals surface area contributed by atoms with E-state index in [1.54, 1.807) is 13.0 Å². The van der Waals surface area contributed by atoms with Gasteiger partial charge in [0.15, 0.2) is 0 Å². The lowest BCUT2D eigenvalue weighted by atomic mass is 9.98. The lowest BCUT2D eigenvalue weighted by Crippen LogP contribution is -1.97. The molecule has 1 N–H and O–H groups in total. The van der Waals surface area contributed by atoms with Gasteiger partial charge in [0.25, 0.3) is 0 Å². The summed E-state index contributed by atoms with van der Waals surface area (Å²) in [5.74, 6) is 1.91. The van der Waals surface area contributed by atoms with E-state index in [4.69, 9.17) is 16.0 Å². The van der Waals surface area contributed by atoms with E-state index in [0.29, 0.717) is 34.0 Å². The molecule has 136 valence electrons. The van der Waals surface area contributed by atoms with Crippen molar-refractivity contribution in [2.45, 2.75) is 6.92 Å². The lowest BCUT2D eigenvalue weighted by Gasteiger charge is -2.04. The molecule has 0 saturated carbocycles. The van der Waals surface area contributed by atoms with Gasteiger partial charge in [-0.15, -0.1) is 0 Å². The fraction of sp³-hybridized carbons (Fsp3) is 0.0455. The zero-order valence-corrected chi connectivity index (χ0v) is 15.7. The van der Waals surface area contributed by atoms with Crippen LogP contribution in [0, 0.1) is 18.3 Å². The molecular weight excluding hydrogens is 372 g/mol. The van der Waals surface area contributed by atoms with Crippen molar-refractivity contribution in [3.63, 3.8) is 0 Å². The number of aromatic nitrogens is 2. The molecule has 0 fully saturated rings. The Hall–Kier alpha value is -3.62. The van der Waals surface area contributed by atoms with Gasteiger partial charge in [-0.25, -0.2) is 9.97 Å². The molecule has 2 aromatic heterocycles. The molecule has 2 aromatic carbocycles. The maximum atomic E-state index is 9.90. The maximum absolute atomic E-state index is 9.90. The number of nitriles is 1. The van der Waals surface area contributed by atoms with E-state index in [0.717, 1.165) is 16.7 Å². The number of furan rings is 1. The first kappa shape index (κ1) is 17.8. The second-order valence-corrected chi connectivity index (χ2v) is 6.49. The second kappa shape index (κ2) is 7.55. The van der Waals surface area contributed by atoms with Crippen LogP contribution in [0.25, 0.3) is 22.5 Å². The van der Waals surface area contributed by atoms with Crippen LogP contribution in [0.2, 0.25) is 5.15 Å². The summed E-state index contributed by atoms with van der Waals surface area (Å²) in [4.78, 5) is 8.37. The Morgan fingerprint density at radius 1 is 0.964 bits per heavy atom. The van der Waals surface area contributed by atoms with Gasteiger partial charge in [-0.3, -0.25) is 0 Å². The molecule has 5 nitrogen and oxygen atoms in total. The summed E-state index contributed by atoms with van der Waals surface area (Å²) in [6, 6.07) is 23.2. The number of anilines is 2. The van der Waals surface area contributed by atoms with Crippen LogP contribution in [-0.2, 0) is 0 Å². The van der Waals surface area contributed by atoms with Crippen LogP contribution in [-0.4, -0.2) is 9.97 Å². The molecule has 0 amide bonds. The third-order valence-corrected chi connectivity index (χ3v) is 4.36. The van der Waals surface area contributed by atoms with Crippen molar-refractivity contribution < 1.29 is 4.42 Å². The first-order valence-electron chi connectivity index (χ1n) is 8.61. The number of benzene rings is 2. The summed E-state index contributed by atoms with van der Waals surface area (Å²) in [5, 5.41) is 13.3. The molecular formula is C22H15ClN4O. The number of nitrogens with one attached hydrogen (secondary N) is 1. The average Bonchev–Trinajstić information content (AvgIpc) is 3.06. The molecule has 0 spiro atoms. The van der Waals surface area contributed by atoms with Crippen LogP contribution in [0.5, 0.6) is 0 Å². The van der Waals surface area contributed by atoms with Crippen LogP contribution in [0.4, 0.5) is 11.7 Å². The minimum atomic E-state index is 0.312. The Kier molecular flexibility index (Phi) is 4.79. The van der Waals surface area contributed by atoms with Crippen molar-refractivity contribution in [3.8, 4) is 28.5 Å². The monoisotopic (exact) mass is 386 g/mol. The summed E-state index contributed by atoms with van der Waals surface area (Å²) in [6.45, 7) is 1.75. The second-order valence-electron chi connectivity index (χ2n) is 6.10. The Morgan fingerprint density at radius 2 is 1.61 bits per heavy atom. The topological polar surface area (TPSA) is 74.7 Å². The minimum Gasteiger partial charge on any atom is -0.438 e.